The number of rotatable bonds is 11. The minimum absolute atomic E-state index is 0.111. The minimum Gasteiger partial charge on any atom is -0.346 e. The number of likely N-dealkylation sites (tertiary alicyclic amines) is 1. The molecule has 0 spiro atoms. The third-order valence-electron chi connectivity index (χ3n) is 8.36. The highest BCUT2D eigenvalue weighted by Gasteiger charge is 2.42. The number of piperidine rings is 1. The van der Waals surface area contributed by atoms with E-state index in [0.29, 0.717) is 49.7 Å². The number of hydrogen-bond acceptors (Lipinski definition) is 4. The molecule has 7 nitrogen and oxygen atoms in total. The maximum atomic E-state index is 13.7. The van der Waals surface area contributed by atoms with Crippen molar-refractivity contribution in [3.8, 4) is 0 Å². The molecule has 4 aliphatic rings. The first kappa shape index (κ1) is 25.5. The van der Waals surface area contributed by atoms with Crippen LogP contribution in [0.1, 0.15) is 78.1 Å². The Balaban J connectivity index is 1.29. The Labute approximate surface area is 206 Å². The normalized spacial score (nSPS) is 25.1. The number of piperazine rings is 1. The lowest BCUT2D eigenvalue weighted by molar-refractivity contribution is -0.150. The van der Waals surface area contributed by atoms with Gasteiger partial charge in [0.2, 0.25) is 17.7 Å². The van der Waals surface area contributed by atoms with Crippen molar-refractivity contribution in [2.75, 3.05) is 39.8 Å². The molecule has 0 aromatic heterocycles. The Kier molecular flexibility index (Phi) is 8.54. The number of amides is 3. The summed E-state index contributed by atoms with van der Waals surface area (Å²) in [6.07, 6.45) is 9.96. The summed E-state index contributed by atoms with van der Waals surface area (Å²) in [5.74, 6) is 2.74. The highest BCUT2D eigenvalue weighted by molar-refractivity contribution is 5.90. The Hall–Kier alpha value is -1.63. The minimum atomic E-state index is -0.302. The molecule has 2 atom stereocenters. The average molecular weight is 475 g/mol. The lowest BCUT2D eigenvalue weighted by Crippen LogP contribution is -2.62. The molecule has 0 bridgehead atoms. The number of carbonyl (C=O) groups excluding carboxylic acids is 3. The quantitative estimate of drug-likeness (QED) is 0.500. The predicted octanol–water partition coefficient (Wildman–Crippen LogP) is 2.89. The van der Waals surface area contributed by atoms with Gasteiger partial charge < -0.3 is 20.0 Å². The number of hydrogen-bond donors (Lipinski definition) is 1. The highest BCUT2D eigenvalue weighted by atomic mass is 16.2. The van der Waals surface area contributed by atoms with E-state index >= 15 is 0 Å². The molecule has 0 aromatic carbocycles. The Morgan fingerprint density at radius 1 is 1.00 bits per heavy atom. The zero-order valence-corrected chi connectivity index (χ0v) is 21.6. The molecule has 1 N–H and O–H groups in total. The van der Waals surface area contributed by atoms with Crippen molar-refractivity contribution in [2.45, 2.75) is 90.1 Å². The molecule has 0 unspecified atom stereocenters. The Morgan fingerprint density at radius 3 is 2.29 bits per heavy atom. The van der Waals surface area contributed by atoms with E-state index in [0.717, 1.165) is 45.2 Å². The van der Waals surface area contributed by atoms with E-state index in [9.17, 15) is 14.4 Å². The van der Waals surface area contributed by atoms with Crippen LogP contribution in [0, 0.1) is 23.7 Å². The summed E-state index contributed by atoms with van der Waals surface area (Å²) >= 11 is 0. The summed E-state index contributed by atoms with van der Waals surface area (Å²) in [7, 11) is 1.91. The van der Waals surface area contributed by atoms with E-state index in [1.807, 2.05) is 21.7 Å². The van der Waals surface area contributed by atoms with Crippen LogP contribution in [-0.4, -0.2) is 84.3 Å². The molecular weight excluding hydrogens is 428 g/mol. The molecule has 2 saturated heterocycles. The van der Waals surface area contributed by atoms with Crippen LogP contribution in [0.25, 0.3) is 0 Å². The third-order valence-corrected chi connectivity index (χ3v) is 8.36. The fourth-order valence-electron chi connectivity index (χ4n) is 5.52. The van der Waals surface area contributed by atoms with Crippen molar-refractivity contribution in [1.82, 2.24) is 20.0 Å². The van der Waals surface area contributed by atoms with Crippen molar-refractivity contribution < 1.29 is 14.4 Å². The molecular formula is C27H46N4O3. The van der Waals surface area contributed by atoms with E-state index in [4.69, 9.17) is 0 Å². The summed E-state index contributed by atoms with van der Waals surface area (Å²) in [6.45, 7) is 8.02. The maximum absolute atomic E-state index is 13.7. The van der Waals surface area contributed by atoms with Crippen LogP contribution < -0.4 is 5.32 Å². The van der Waals surface area contributed by atoms with Gasteiger partial charge >= 0.3 is 0 Å². The van der Waals surface area contributed by atoms with Gasteiger partial charge in [-0.15, -0.1) is 0 Å². The molecule has 2 saturated carbocycles. The summed E-state index contributed by atoms with van der Waals surface area (Å²) < 4.78 is 0. The molecule has 4 rings (SSSR count). The van der Waals surface area contributed by atoms with E-state index in [2.05, 4.69) is 19.2 Å². The number of carbonyl (C=O) groups is 3. The monoisotopic (exact) mass is 474 g/mol. The van der Waals surface area contributed by atoms with Gasteiger partial charge in [-0.3, -0.25) is 14.4 Å². The summed E-state index contributed by atoms with van der Waals surface area (Å²) in [5.41, 5.74) is 0. The summed E-state index contributed by atoms with van der Waals surface area (Å²) in [6, 6.07) is -0.413. The van der Waals surface area contributed by atoms with Gasteiger partial charge in [0.1, 0.15) is 6.04 Å². The number of nitrogens with one attached hydrogen (secondary N) is 1. The Bertz CT molecular complexity index is 725. The smallest absolute Gasteiger partial charge is 0.245 e. The van der Waals surface area contributed by atoms with Gasteiger partial charge in [-0.1, -0.05) is 39.5 Å². The molecule has 2 heterocycles. The third kappa shape index (κ3) is 6.96. The SMILES string of the molecule is CC(C)CCN(C)C(=O)CC1CCN(C(=O)[C@H](CC2CC2)N2CCN[C@@H](CC3CC3)C2=O)CC1. The van der Waals surface area contributed by atoms with Crippen LogP contribution >= 0.6 is 0 Å². The zero-order chi connectivity index (χ0) is 24.2. The van der Waals surface area contributed by atoms with Gasteiger partial charge in [0.05, 0.1) is 6.04 Å². The molecule has 3 amide bonds. The zero-order valence-electron chi connectivity index (χ0n) is 21.6. The average Bonchev–Trinajstić information content (AvgIpc) is 3.74. The van der Waals surface area contributed by atoms with Gasteiger partial charge in [0.25, 0.3) is 0 Å². The lowest BCUT2D eigenvalue weighted by atomic mass is 9.92. The van der Waals surface area contributed by atoms with Gasteiger partial charge in [-0.25, -0.2) is 0 Å². The van der Waals surface area contributed by atoms with E-state index < -0.39 is 0 Å². The topological polar surface area (TPSA) is 73.0 Å². The van der Waals surface area contributed by atoms with Gasteiger partial charge in [-0.2, -0.15) is 0 Å². The first-order chi connectivity index (χ1) is 16.3. The van der Waals surface area contributed by atoms with Crippen molar-refractivity contribution in [1.29, 1.82) is 0 Å². The van der Waals surface area contributed by atoms with Gasteiger partial charge in [0.15, 0.2) is 0 Å². The maximum Gasteiger partial charge on any atom is 0.245 e. The summed E-state index contributed by atoms with van der Waals surface area (Å²) in [4.78, 5) is 45.4. The molecule has 2 aliphatic heterocycles. The number of nitrogens with zero attached hydrogens (tertiary/aromatic N) is 3. The molecule has 192 valence electrons. The molecule has 2 aliphatic carbocycles. The predicted molar refractivity (Wildman–Crippen MR) is 133 cm³/mol. The molecule has 7 heteroatoms. The second-order valence-electron chi connectivity index (χ2n) is 11.9. The highest BCUT2D eigenvalue weighted by Crippen LogP contribution is 2.37. The van der Waals surface area contributed by atoms with Crippen LogP contribution in [0.4, 0.5) is 0 Å². The second-order valence-corrected chi connectivity index (χ2v) is 11.9. The lowest BCUT2D eigenvalue weighted by Gasteiger charge is -2.41. The van der Waals surface area contributed by atoms with Crippen LogP contribution in [0.5, 0.6) is 0 Å². The van der Waals surface area contributed by atoms with Crippen molar-refractivity contribution in [3.05, 3.63) is 0 Å². The van der Waals surface area contributed by atoms with Crippen molar-refractivity contribution in [3.63, 3.8) is 0 Å². The van der Waals surface area contributed by atoms with Crippen LogP contribution in [0.2, 0.25) is 0 Å². The molecule has 0 radical (unpaired) electrons. The fraction of sp³-hybridized carbons (Fsp3) is 0.889. The summed E-state index contributed by atoms with van der Waals surface area (Å²) in [5, 5.41) is 3.41. The van der Waals surface area contributed by atoms with E-state index in [1.54, 1.807) is 0 Å². The van der Waals surface area contributed by atoms with Crippen molar-refractivity contribution in [2.24, 2.45) is 23.7 Å². The first-order valence-corrected chi connectivity index (χ1v) is 13.9. The largest absolute Gasteiger partial charge is 0.346 e. The standard InChI is InChI=1S/C27H46N4O3/c1-19(2)8-12-29(3)25(32)18-22-9-13-30(14-10-22)27(34)24(17-21-6-7-21)31-15-11-28-23(26(31)33)16-20-4-5-20/h19-24,28H,4-18H2,1-3H3/t23-,24-/m0/s1. The van der Waals surface area contributed by atoms with E-state index in [-0.39, 0.29) is 29.8 Å². The first-order valence-electron chi connectivity index (χ1n) is 13.9. The van der Waals surface area contributed by atoms with Gasteiger partial charge in [-0.05, 0) is 55.8 Å². The van der Waals surface area contributed by atoms with Crippen molar-refractivity contribution >= 4 is 17.7 Å². The van der Waals surface area contributed by atoms with Crippen LogP contribution in [0.15, 0.2) is 0 Å². The van der Waals surface area contributed by atoms with Crippen LogP contribution in [-0.2, 0) is 14.4 Å². The fourth-order valence-corrected chi connectivity index (χ4v) is 5.52. The van der Waals surface area contributed by atoms with Gasteiger partial charge in [0, 0.05) is 46.2 Å². The Morgan fingerprint density at radius 2 is 1.68 bits per heavy atom. The molecule has 0 aromatic rings. The molecule has 4 fully saturated rings. The second kappa shape index (κ2) is 11.4. The van der Waals surface area contributed by atoms with Crippen LogP contribution in [0.3, 0.4) is 0 Å². The molecule has 34 heavy (non-hydrogen) atoms. The van der Waals surface area contributed by atoms with E-state index in [1.165, 1.54) is 25.7 Å².